The number of aromatic nitrogens is 3. The minimum Gasteiger partial charge on any atom is -0.475 e. The van der Waals surface area contributed by atoms with Crippen LogP contribution >= 0.6 is 11.8 Å². The molecule has 2 fully saturated rings. The number of benzene rings is 1. The molecular weight excluding hydrogens is 514 g/mol. The number of hydrogen-bond donors (Lipinski definition) is 4. The van der Waals surface area contributed by atoms with E-state index >= 15 is 0 Å². The highest BCUT2D eigenvalue weighted by molar-refractivity contribution is 7.99. The van der Waals surface area contributed by atoms with E-state index in [1.165, 1.54) is 24.2 Å². The van der Waals surface area contributed by atoms with Crippen LogP contribution in [0, 0.1) is 11.7 Å². The molecule has 0 amide bonds. The van der Waals surface area contributed by atoms with Crippen molar-refractivity contribution in [1.29, 1.82) is 0 Å². The standard InChI is InChI=1S/C21H22FN7S.C2HF3O2/c22-16-9-14(1-2-18(16)30-15-4-6-24-7-5-15)26-19-10-20(28-21(23)27-19)29-11-13-3-8-25-17(13)12-29;3-2(4,5)1(6)7/h1-2,4-7,9-10,13,17,25H,3,8,11-12H2,(H3,23,26,27,28);(H,6,7). The fourth-order valence-electron chi connectivity index (χ4n) is 4.06. The fraction of sp³-hybridized carbons (Fsp3) is 0.304. The van der Waals surface area contributed by atoms with E-state index < -0.39 is 12.1 Å². The Hall–Kier alpha value is -3.65. The van der Waals surface area contributed by atoms with E-state index in [1.54, 1.807) is 18.5 Å². The van der Waals surface area contributed by atoms with Gasteiger partial charge in [-0.25, -0.2) is 9.18 Å². The third-order valence-corrected chi connectivity index (χ3v) is 6.80. The third kappa shape index (κ3) is 6.98. The third-order valence-electron chi connectivity index (χ3n) is 5.74. The molecule has 37 heavy (non-hydrogen) atoms. The lowest BCUT2D eigenvalue weighted by Crippen LogP contribution is -2.30. The summed E-state index contributed by atoms with van der Waals surface area (Å²) < 4.78 is 46.4. The largest absolute Gasteiger partial charge is 0.490 e. The molecule has 2 aliphatic heterocycles. The maximum Gasteiger partial charge on any atom is 0.490 e. The summed E-state index contributed by atoms with van der Waals surface area (Å²) >= 11 is 1.36. The monoisotopic (exact) mass is 537 g/mol. The zero-order valence-corrected chi connectivity index (χ0v) is 20.1. The highest BCUT2D eigenvalue weighted by Crippen LogP contribution is 2.32. The smallest absolute Gasteiger partial charge is 0.475 e. The number of anilines is 4. The molecule has 2 aliphatic rings. The molecule has 3 aromatic rings. The number of carboxylic acids is 1. The molecular formula is C23H23F4N7O2S. The zero-order valence-electron chi connectivity index (χ0n) is 19.2. The van der Waals surface area contributed by atoms with Crippen LogP contribution in [0.3, 0.4) is 0 Å². The summed E-state index contributed by atoms with van der Waals surface area (Å²) in [6.07, 6.45) is -0.510. The van der Waals surface area contributed by atoms with E-state index in [2.05, 4.69) is 30.5 Å². The van der Waals surface area contributed by atoms with Crippen LogP contribution in [-0.2, 0) is 4.79 Å². The van der Waals surface area contributed by atoms with Crippen LogP contribution < -0.4 is 21.3 Å². The molecule has 2 unspecified atom stereocenters. The van der Waals surface area contributed by atoms with Gasteiger partial charge in [-0.2, -0.15) is 23.1 Å². The normalized spacial score (nSPS) is 18.6. The number of fused-ring (bicyclic) bond motifs is 1. The Bertz CT molecular complexity index is 1240. The molecule has 196 valence electrons. The van der Waals surface area contributed by atoms with Gasteiger partial charge in [-0.05, 0) is 49.2 Å². The Morgan fingerprint density at radius 3 is 2.54 bits per heavy atom. The van der Waals surface area contributed by atoms with E-state index in [4.69, 9.17) is 15.6 Å². The number of halogens is 4. The van der Waals surface area contributed by atoms with Crippen molar-refractivity contribution in [2.45, 2.75) is 28.4 Å². The lowest BCUT2D eigenvalue weighted by atomic mass is 10.1. The van der Waals surface area contributed by atoms with Crippen molar-refractivity contribution in [3.8, 4) is 0 Å². The molecule has 0 aliphatic carbocycles. The molecule has 4 heterocycles. The number of nitrogens with one attached hydrogen (secondary N) is 2. The molecule has 0 bridgehead atoms. The predicted octanol–water partition coefficient (Wildman–Crippen LogP) is 3.92. The summed E-state index contributed by atoms with van der Waals surface area (Å²) in [6.45, 7) is 2.96. The van der Waals surface area contributed by atoms with Crippen LogP contribution in [-0.4, -0.2) is 57.9 Å². The minimum atomic E-state index is -5.08. The highest BCUT2D eigenvalue weighted by Gasteiger charge is 2.38. The maximum atomic E-state index is 14.6. The summed E-state index contributed by atoms with van der Waals surface area (Å²) in [5.74, 6) is -0.861. The molecule has 1 aromatic carbocycles. The number of hydrogen-bond acceptors (Lipinski definition) is 9. The molecule has 2 aromatic heterocycles. The van der Waals surface area contributed by atoms with E-state index in [1.807, 2.05) is 24.3 Å². The van der Waals surface area contributed by atoms with Crippen molar-refractivity contribution in [2.24, 2.45) is 5.92 Å². The molecule has 5 N–H and O–H groups in total. The summed E-state index contributed by atoms with van der Waals surface area (Å²) in [5, 5.41) is 13.8. The first-order chi connectivity index (χ1) is 17.6. The SMILES string of the molecule is Nc1nc(Nc2ccc(Sc3ccncc3)c(F)c2)cc(N2CC3CCNC3C2)n1.O=C(O)C(F)(F)F. The topological polar surface area (TPSA) is 129 Å². The van der Waals surface area contributed by atoms with Crippen molar-refractivity contribution in [1.82, 2.24) is 20.3 Å². The van der Waals surface area contributed by atoms with Crippen molar-refractivity contribution in [3.05, 3.63) is 54.6 Å². The molecule has 2 atom stereocenters. The number of alkyl halides is 3. The van der Waals surface area contributed by atoms with Crippen LogP contribution in [0.4, 0.5) is 40.8 Å². The summed E-state index contributed by atoms with van der Waals surface area (Å²) in [7, 11) is 0. The van der Waals surface area contributed by atoms with E-state index in [0.29, 0.717) is 28.4 Å². The molecule has 5 rings (SSSR count). The number of rotatable bonds is 5. The Kier molecular flexibility index (Phi) is 7.97. The first-order valence-electron chi connectivity index (χ1n) is 11.2. The first kappa shape index (κ1) is 26.4. The molecule has 0 radical (unpaired) electrons. The van der Waals surface area contributed by atoms with Gasteiger partial charge in [0, 0.05) is 53.1 Å². The second-order valence-electron chi connectivity index (χ2n) is 8.34. The second-order valence-corrected chi connectivity index (χ2v) is 9.46. The van der Waals surface area contributed by atoms with Gasteiger partial charge in [0.1, 0.15) is 17.5 Å². The fourth-order valence-corrected chi connectivity index (χ4v) is 4.86. The van der Waals surface area contributed by atoms with Crippen LogP contribution in [0.2, 0.25) is 0 Å². The zero-order chi connectivity index (χ0) is 26.6. The van der Waals surface area contributed by atoms with Crippen LogP contribution in [0.1, 0.15) is 6.42 Å². The minimum absolute atomic E-state index is 0.199. The van der Waals surface area contributed by atoms with Gasteiger partial charge in [0.05, 0.1) is 0 Å². The van der Waals surface area contributed by atoms with Crippen LogP contribution in [0.15, 0.2) is 58.6 Å². The van der Waals surface area contributed by atoms with Crippen molar-refractivity contribution >= 4 is 41.0 Å². The molecule has 2 saturated heterocycles. The molecule has 0 saturated carbocycles. The Morgan fingerprint density at radius 1 is 1.16 bits per heavy atom. The van der Waals surface area contributed by atoms with Gasteiger partial charge in [0.2, 0.25) is 5.95 Å². The van der Waals surface area contributed by atoms with Gasteiger partial charge in [-0.1, -0.05) is 11.8 Å². The van der Waals surface area contributed by atoms with Crippen molar-refractivity contribution in [2.75, 3.05) is 35.6 Å². The van der Waals surface area contributed by atoms with Gasteiger partial charge in [-0.15, -0.1) is 0 Å². The van der Waals surface area contributed by atoms with Gasteiger partial charge in [0.25, 0.3) is 0 Å². The first-order valence-corrected chi connectivity index (χ1v) is 12.0. The van der Waals surface area contributed by atoms with E-state index in [0.717, 1.165) is 30.3 Å². The lowest BCUT2D eigenvalue weighted by Gasteiger charge is -2.19. The predicted molar refractivity (Wildman–Crippen MR) is 130 cm³/mol. The number of pyridine rings is 1. The number of carboxylic acid groups (broad SMARTS) is 1. The number of nitrogens with zero attached hydrogens (tertiary/aromatic N) is 4. The Balaban J connectivity index is 0.000000405. The average Bonchev–Trinajstić information content (AvgIpc) is 3.44. The van der Waals surface area contributed by atoms with Crippen LogP contribution in [0.5, 0.6) is 0 Å². The summed E-state index contributed by atoms with van der Waals surface area (Å²) in [5.41, 5.74) is 6.56. The van der Waals surface area contributed by atoms with Crippen molar-refractivity contribution < 1.29 is 27.5 Å². The number of aliphatic carboxylic acids is 1. The second kappa shape index (κ2) is 11.2. The van der Waals surface area contributed by atoms with Crippen molar-refractivity contribution in [3.63, 3.8) is 0 Å². The summed E-state index contributed by atoms with van der Waals surface area (Å²) in [4.78, 5) is 25.3. The van der Waals surface area contributed by atoms with Crippen LogP contribution in [0.25, 0.3) is 0 Å². The van der Waals surface area contributed by atoms with Gasteiger partial charge >= 0.3 is 12.1 Å². The number of nitrogens with two attached hydrogens (primary N) is 1. The molecule has 0 spiro atoms. The van der Waals surface area contributed by atoms with E-state index in [9.17, 15) is 17.6 Å². The van der Waals surface area contributed by atoms with Gasteiger partial charge in [0.15, 0.2) is 0 Å². The van der Waals surface area contributed by atoms with Gasteiger partial charge < -0.3 is 26.4 Å². The average molecular weight is 538 g/mol. The Morgan fingerprint density at radius 2 is 1.89 bits per heavy atom. The quantitative estimate of drug-likeness (QED) is 0.356. The summed E-state index contributed by atoms with van der Waals surface area (Å²) in [6, 6.07) is 11.1. The van der Waals surface area contributed by atoms with Gasteiger partial charge in [-0.3, -0.25) is 4.98 Å². The van der Waals surface area contributed by atoms with E-state index in [-0.39, 0.29) is 11.8 Å². The number of nitrogen functional groups attached to an aromatic ring is 1. The highest BCUT2D eigenvalue weighted by atomic mass is 32.2. The Labute approximate surface area is 213 Å². The number of carbonyl (C=O) groups is 1. The molecule has 14 heteroatoms. The maximum absolute atomic E-state index is 14.6. The lowest BCUT2D eigenvalue weighted by molar-refractivity contribution is -0.192. The molecule has 9 nitrogen and oxygen atoms in total.